The van der Waals surface area contributed by atoms with Gasteiger partial charge in [0.25, 0.3) is 0 Å². The summed E-state index contributed by atoms with van der Waals surface area (Å²) in [5, 5.41) is 14.6. The Morgan fingerprint density at radius 1 is 1.00 bits per heavy atom. The van der Waals surface area contributed by atoms with Gasteiger partial charge in [0, 0.05) is 18.9 Å². The molecule has 0 heterocycles. The molecule has 0 aliphatic heterocycles. The summed E-state index contributed by atoms with van der Waals surface area (Å²) in [6.45, 7) is 2.69. The van der Waals surface area contributed by atoms with E-state index in [4.69, 9.17) is 9.84 Å². The molecule has 1 fully saturated rings. The van der Waals surface area contributed by atoms with Crippen LogP contribution in [-0.4, -0.2) is 42.3 Å². The molecular formula is C27H32N2O5. The fraction of sp³-hybridized carbons (Fsp3) is 0.444. The standard InChI is InChI=1S/C27H32N2O5/c1-2-7-24(26(31)32)29-25(30)14-17-12-18(13-17)15-28-27(33)34-16-23-21-10-5-3-8-19(21)20-9-4-6-11-22(20)23/h3-6,8-11,17-18,23-24H,2,7,12-16H2,1H3,(H,28,33)(H,29,30)(H,31,32). The van der Waals surface area contributed by atoms with Gasteiger partial charge in [-0.15, -0.1) is 0 Å². The normalized spacial score (nSPS) is 19.3. The minimum Gasteiger partial charge on any atom is -0.480 e. The van der Waals surface area contributed by atoms with Crippen LogP contribution in [0.4, 0.5) is 4.79 Å². The zero-order chi connectivity index (χ0) is 24.1. The van der Waals surface area contributed by atoms with Crippen molar-refractivity contribution in [1.82, 2.24) is 10.6 Å². The molecule has 4 rings (SSSR count). The highest BCUT2D eigenvalue weighted by Crippen LogP contribution is 2.44. The van der Waals surface area contributed by atoms with E-state index < -0.39 is 18.1 Å². The Morgan fingerprint density at radius 3 is 2.21 bits per heavy atom. The molecular weight excluding hydrogens is 432 g/mol. The topological polar surface area (TPSA) is 105 Å². The predicted octanol–water partition coefficient (Wildman–Crippen LogP) is 4.31. The van der Waals surface area contributed by atoms with Gasteiger partial charge in [0.05, 0.1) is 0 Å². The Kier molecular flexibility index (Phi) is 7.50. The van der Waals surface area contributed by atoms with Crippen LogP contribution >= 0.6 is 0 Å². The van der Waals surface area contributed by atoms with Crippen molar-refractivity contribution in [2.45, 2.75) is 51.0 Å². The number of carbonyl (C=O) groups excluding carboxylic acids is 2. The van der Waals surface area contributed by atoms with Crippen LogP contribution in [0.5, 0.6) is 0 Å². The van der Waals surface area contributed by atoms with Crippen LogP contribution in [0.1, 0.15) is 56.1 Å². The molecule has 7 heteroatoms. The number of benzene rings is 2. The van der Waals surface area contributed by atoms with E-state index in [2.05, 4.69) is 34.9 Å². The largest absolute Gasteiger partial charge is 0.480 e. The molecule has 1 saturated carbocycles. The highest BCUT2D eigenvalue weighted by Gasteiger charge is 2.32. The van der Waals surface area contributed by atoms with Crippen LogP contribution in [0, 0.1) is 11.8 Å². The minimum absolute atomic E-state index is 0.0343. The van der Waals surface area contributed by atoms with Crippen molar-refractivity contribution >= 4 is 18.0 Å². The number of carboxylic acid groups (broad SMARTS) is 1. The van der Waals surface area contributed by atoms with Crippen molar-refractivity contribution in [1.29, 1.82) is 0 Å². The SMILES string of the molecule is CCCC(NC(=O)CC1CC(CNC(=O)OCC2c3ccccc3-c3ccccc32)C1)C(=O)O. The summed E-state index contributed by atoms with van der Waals surface area (Å²) in [7, 11) is 0. The third-order valence-corrected chi connectivity index (χ3v) is 6.90. The maximum Gasteiger partial charge on any atom is 0.407 e. The van der Waals surface area contributed by atoms with E-state index in [0.29, 0.717) is 31.7 Å². The molecule has 2 aliphatic rings. The van der Waals surface area contributed by atoms with E-state index in [0.717, 1.165) is 12.8 Å². The fourth-order valence-corrected chi connectivity index (χ4v) is 5.15. The molecule has 0 spiro atoms. The fourth-order valence-electron chi connectivity index (χ4n) is 5.15. The second kappa shape index (κ2) is 10.7. The Hall–Kier alpha value is -3.35. The molecule has 180 valence electrons. The van der Waals surface area contributed by atoms with E-state index in [1.54, 1.807) is 0 Å². The van der Waals surface area contributed by atoms with E-state index in [9.17, 15) is 14.4 Å². The lowest BCUT2D eigenvalue weighted by atomic mass is 9.73. The summed E-state index contributed by atoms with van der Waals surface area (Å²) in [5.41, 5.74) is 4.75. The van der Waals surface area contributed by atoms with E-state index in [1.165, 1.54) is 22.3 Å². The first-order chi connectivity index (χ1) is 16.5. The van der Waals surface area contributed by atoms with Crippen molar-refractivity contribution in [3.05, 3.63) is 59.7 Å². The number of ether oxygens (including phenoxy) is 1. The summed E-state index contributed by atoms with van der Waals surface area (Å²) in [4.78, 5) is 35.6. The number of fused-ring (bicyclic) bond motifs is 3. The second-order valence-electron chi connectivity index (χ2n) is 9.36. The average molecular weight is 465 g/mol. The average Bonchev–Trinajstić information content (AvgIpc) is 3.12. The summed E-state index contributed by atoms with van der Waals surface area (Å²) >= 11 is 0. The second-order valence-corrected chi connectivity index (χ2v) is 9.36. The third kappa shape index (κ3) is 5.41. The number of carboxylic acids is 1. The number of carbonyl (C=O) groups is 3. The smallest absolute Gasteiger partial charge is 0.407 e. The lowest BCUT2D eigenvalue weighted by Gasteiger charge is -2.35. The Labute approximate surface area is 199 Å². The third-order valence-electron chi connectivity index (χ3n) is 6.90. The summed E-state index contributed by atoms with van der Waals surface area (Å²) in [6, 6.07) is 15.6. The monoisotopic (exact) mass is 464 g/mol. The Balaban J connectivity index is 1.17. The summed E-state index contributed by atoms with van der Waals surface area (Å²) in [6.07, 6.45) is 2.70. The first kappa shape index (κ1) is 23.8. The molecule has 34 heavy (non-hydrogen) atoms. The zero-order valence-electron chi connectivity index (χ0n) is 19.5. The van der Waals surface area contributed by atoms with E-state index in [1.807, 2.05) is 31.2 Å². The molecule has 1 unspecified atom stereocenters. The van der Waals surface area contributed by atoms with Gasteiger partial charge in [-0.1, -0.05) is 61.9 Å². The maximum atomic E-state index is 12.3. The molecule has 2 amide bonds. The molecule has 2 aromatic rings. The number of hydrogen-bond donors (Lipinski definition) is 3. The number of rotatable bonds is 10. The highest BCUT2D eigenvalue weighted by atomic mass is 16.5. The van der Waals surface area contributed by atoms with E-state index in [-0.39, 0.29) is 24.3 Å². The summed E-state index contributed by atoms with van der Waals surface area (Å²) in [5.74, 6) is -0.635. The molecule has 0 radical (unpaired) electrons. The molecule has 2 aliphatic carbocycles. The molecule has 0 bridgehead atoms. The van der Waals surface area contributed by atoms with Gasteiger partial charge in [0.2, 0.25) is 5.91 Å². The van der Waals surface area contributed by atoms with Crippen LogP contribution in [0.15, 0.2) is 48.5 Å². The molecule has 7 nitrogen and oxygen atoms in total. The first-order valence-electron chi connectivity index (χ1n) is 12.1. The highest BCUT2D eigenvalue weighted by molar-refractivity contribution is 5.83. The van der Waals surface area contributed by atoms with Crippen LogP contribution in [-0.2, 0) is 14.3 Å². The van der Waals surface area contributed by atoms with Crippen molar-refractivity contribution in [2.24, 2.45) is 11.8 Å². The van der Waals surface area contributed by atoms with Gasteiger partial charge in [-0.25, -0.2) is 9.59 Å². The van der Waals surface area contributed by atoms with Crippen LogP contribution in [0.2, 0.25) is 0 Å². The number of nitrogens with one attached hydrogen (secondary N) is 2. The van der Waals surface area contributed by atoms with Crippen molar-refractivity contribution in [3.63, 3.8) is 0 Å². The minimum atomic E-state index is -0.992. The van der Waals surface area contributed by atoms with Gasteiger partial charge in [0.15, 0.2) is 0 Å². The van der Waals surface area contributed by atoms with E-state index >= 15 is 0 Å². The van der Waals surface area contributed by atoms with Crippen LogP contribution in [0.3, 0.4) is 0 Å². The van der Waals surface area contributed by atoms with Gasteiger partial charge >= 0.3 is 12.1 Å². The number of hydrogen-bond acceptors (Lipinski definition) is 4. The van der Waals surface area contributed by atoms with Gasteiger partial charge in [-0.2, -0.15) is 0 Å². The van der Waals surface area contributed by atoms with Crippen molar-refractivity contribution < 1.29 is 24.2 Å². The Morgan fingerprint density at radius 2 is 1.62 bits per heavy atom. The van der Waals surface area contributed by atoms with Gasteiger partial charge < -0.3 is 20.5 Å². The first-order valence-corrected chi connectivity index (χ1v) is 12.1. The van der Waals surface area contributed by atoms with Gasteiger partial charge in [0.1, 0.15) is 12.6 Å². The van der Waals surface area contributed by atoms with Crippen LogP contribution < -0.4 is 10.6 Å². The number of aliphatic carboxylic acids is 1. The maximum absolute atomic E-state index is 12.3. The quantitative estimate of drug-likeness (QED) is 0.486. The predicted molar refractivity (Wildman–Crippen MR) is 128 cm³/mol. The molecule has 0 saturated heterocycles. The van der Waals surface area contributed by atoms with Crippen molar-refractivity contribution in [3.8, 4) is 11.1 Å². The number of alkyl carbamates (subject to hydrolysis) is 1. The lowest BCUT2D eigenvalue weighted by molar-refractivity contribution is -0.142. The molecule has 2 aromatic carbocycles. The van der Waals surface area contributed by atoms with Crippen molar-refractivity contribution in [2.75, 3.05) is 13.2 Å². The number of amides is 2. The zero-order valence-corrected chi connectivity index (χ0v) is 19.5. The van der Waals surface area contributed by atoms with Gasteiger partial charge in [-0.05, 0) is 53.4 Å². The lowest BCUT2D eigenvalue weighted by Crippen LogP contribution is -2.43. The molecule has 3 N–H and O–H groups in total. The van der Waals surface area contributed by atoms with Crippen LogP contribution in [0.25, 0.3) is 11.1 Å². The van der Waals surface area contributed by atoms with Gasteiger partial charge in [-0.3, -0.25) is 4.79 Å². The summed E-state index contributed by atoms with van der Waals surface area (Å²) < 4.78 is 5.57. The molecule has 0 aromatic heterocycles. The molecule has 1 atom stereocenters. The Bertz CT molecular complexity index is 1000.